The van der Waals surface area contributed by atoms with Gasteiger partial charge in [0.15, 0.2) is 11.8 Å². The van der Waals surface area contributed by atoms with Crippen molar-refractivity contribution >= 4 is 35.0 Å². The Bertz CT molecular complexity index is 998. The Kier molecular flexibility index (Phi) is 9.00. The summed E-state index contributed by atoms with van der Waals surface area (Å²) in [5.74, 6) is -2.18. The van der Waals surface area contributed by atoms with E-state index in [0.29, 0.717) is 11.3 Å². The number of urea groups is 1. The van der Waals surface area contributed by atoms with E-state index in [0.717, 1.165) is 10.4 Å². The summed E-state index contributed by atoms with van der Waals surface area (Å²) >= 11 is 1.41. The first-order valence-electron chi connectivity index (χ1n) is 9.23. The number of hydrogen-bond donors (Lipinski definition) is 3. The fraction of sp³-hybridized carbons (Fsp3) is 0.238. The third kappa shape index (κ3) is 6.76. The van der Waals surface area contributed by atoms with Gasteiger partial charge in [-0.1, -0.05) is 30.3 Å². The van der Waals surface area contributed by atoms with Crippen LogP contribution in [0.2, 0.25) is 0 Å². The smallest absolute Gasteiger partial charge is 1.00 e. The number of likely N-dealkylation sites (N-methyl/N-ethyl adjacent to an activating group) is 1. The first-order chi connectivity index (χ1) is 14.3. The predicted molar refractivity (Wildman–Crippen MR) is 112 cm³/mol. The van der Waals surface area contributed by atoms with Crippen LogP contribution >= 0.6 is 11.3 Å². The monoisotopic (exact) mass is 451 g/mol. The number of ketones is 1. The van der Waals surface area contributed by atoms with Gasteiger partial charge in [-0.15, -0.1) is 11.3 Å². The maximum atomic E-state index is 12.4. The van der Waals surface area contributed by atoms with Crippen LogP contribution in [0.5, 0.6) is 0 Å². The average Bonchev–Trinajstić information content (AvgIpc) is 3.17. The molecule has 3 amide bonds. The number of carbonyl (C=O) groups excluding carboxylic acids is 3. The number of rotatable bonds is 7. The van der Waals surface area contributed by atoms with Crippen LogP contribution < -0.4 is 40.2 Å². The van der Waals surface area contributed by atoms with Crippen LogP contribution in [0.3, 0.4) is 0 Å². The molecule has 0 aliphatic carbocycles. The molecule has 1 aromatic heterocycles. The van der Waals surface area contributed by atoms with Crippen LogP contribution in [-0.2, 0) is 20.8 Å². The molecule has 31 heavy (non-hydrogen) atoms. The summed E-state index contributed by atoms with van der Waals surface area (Å²) in [7, 11) is 1.48. The molecule has 2 unspecified atom stereocenters. The van der Waals surface area contributed by atoms with E-state index in [1.54, 1.807) is 6.07 Å². The van der Waals surface area contributed by atoms with Crippen molar-refractivity contribution in [3.63, 3.8) is 0 Å². The molecule has 2 atom stereocenters. The van der Waals surface area contributed by atoms with Gasteiger partial charge in [-0.25, -0.2) is 4.79 Å². The van der Waals surface area contributed by atoms with E-state index in [4.69, 9.17) is 0 Å². The second-order valence-corrected chi connectivity index (χ2v) is 8.03. The van der Waals surface area contributed by atoms with Crippen molar-refractivity contribution in [1.29, 1.82) is 0 Å². The molecule has 0 spiro atoms. The number of nitrogens with zero attached hydrogens (tertiary/aromatic N) is 1. The molecule has 8 nitrogen and oxygen atoms in total. The van der Waals surface area contributed by atoms with Crippen LogP contribution in [0.25, 0.3) is 0 Å². The zero-order chi connectivity index (χ0) is 21.7. The maximum Gasteiger partial charge on any atom is 1.00 e. The number of carboxylic acids is 1. The summed E-state index contributed by atoms with van der Waals surface area (Å²) in [6.45, 7) is 0. The third-order valence-corrected chi connectivity index (χ3v) is 5.75. The Hall–Kier alpha value is -2.46. The molecule has 0 bridgehead atoms. The van der Waals surface area contributed by atoms with Crippen molar-refractivity contribution in [2.75, 3.05) is 7.05 Å². The summed E-state index contributed by atoms with van der Waals surface area (Å²) in [6.07, 6.45) is 2.90. The van der Waals surface area contributed by atoms with Gasteiger partial charge >= 0.3 is 41.6 Å². The van der Waals surface area contributed by atoms with Gasteiger partial charge in [0, 0.05) is 35.5 Å². The summed E-state index contributed by atoms with van der Waals surface area (Å²) in [5, 5.41) is 14.2. The number of hydrogen-bond acceptors (Lipinski definition) is 5. The van der Waals surface area contributed by atoms with Crippen molar-refractivity contribution in [1.82, 2.24) is 15.5 Å². The Balaban J connectivity index is 0.00000256. The zero-order valence-electron chi connectivity index (χ0n) is 18.2. The summed E-state index contributed by atoms with van der Waals surface area (Å²) < 4.78 is 0. The van der Waals surface area contributed by atoms with Crippen LogP contribution in [0, 0.1) is 0 Å². The van der Waals surface area contributed by atoms with Crippen molar-refractivity contribution in [3.05, 3.63) is 70.1 Å². The standard InChI is InChI=1S/C21H21N3O5S.Na.H/c1-24-10-9-16(25)19(20(24)28)23-21(29)22-15(12-18(26)27)17-8-7-14(30-17)11-13-5-3-2-4-6-13;;/h2-10,15,19H,11-12H2,1H3,(H,26,27)(H2,22,23,29);;/q;+1;-1. The fourth-order valence-electron chi connectivity index (χ4n) is 3.02. The normalized spacial score (nSPS) is 16.4. The molecule has 0 radical (unpaired) electrons. The SMILES string of the molecule is CN1C=CC(=O)C(NC(=O)NC(CC(=O)O)c2ccc(Cc3ccccc3)s2)C1=O.[H-].[Na+]. The van der Waals surface area contributed by atoms with Crippen LogP contribution in [0.1, 0.15) is 29.2 Å². The molecule has 2 aromatic rings. The van der Waals surface area contributed by atoms with Gasteiger partial charge in [0.05, 0.1) is 12.5 Å². The molecule has 0 fully saturated rings. The first kappa shape index (κ1) is 24.8. The number of thiophene rings is 1. The molecule has 1 aromatic carbocycles. The summed E-state index contributed by atoms with van der Waals surface area (Å²) in [5.41, 5.74) is 1.12. The van der Waals surface area contributed by atoms with E-state index >= 15 is 0 Å². The van der Waals surface area contributed by atoms with Gasteiger partial charge in [-0.3, -0.25) is 14.4 Å². The average molecular weight is 451 g/mol. The number of aliphatic carboxylic acids is 1. The van der Waals surface area contributed by atoms with E-state index in [1.165, 1.54) is 35.6 Å². The Labute approximate surface area is 207 Å². The maximum absolute atomic E-state index is 12.4. The van der Waals surface area contributed by atoms with Gasteiger partial charge in [-0.2, -0.15) is 0 Å². The van der Waals surface area contributed by atoms with Gasteiger partial charge in [0.25, 0.3) is 5.91 Å². The topological polar surface area (TPSA) is 116 Å². The van der Waals surface area contributed by atoms with E-state index in [-0.39, 0.29) is 37.4 Å². The quantitative estimate of drug-likeness (QED) is 0.376. The molecule has 1 aliphatic heterocycles. The van der Waals surface area contributed by atoms with Gasteiger partial charge < -0.3 is 22.1 Å². The second-order valence-electron chi connectivity index (χ2n) is 6.83. The Morgan fingerprint density at radius 2 is 1.90 bits per heavy atom. The Morgan fingerprint density at radius 1 is 1.19 bits per heavy atom. The minimum atomic E-state index is -1.33. The number of benzene rings is 1. The van der Waals surface area contributed by atoms with Crippen LogP contribution in [-0.4, -0.2) is 46.8 Å². The largest absolute Gasteiger partial charge is 1.00 e. The van der Waals surface area contributed by atoms with Crippen molar-refractivity contribution < 1.29 is 55.3 Å². The molecule has 3 rings (SSSR count). The molecule has 0 saturated carbocycles. The van der Waals surface area contributed by atoms with Gasteiger partial charge in [0.1, 0.15) is 0 Å². The minimum Gasteiger partial charge on any atom is -1.00 e. The molecule has 0 saturated heterocycles. The molecule has 158 valence electrons. The Morgan fingerprint density at radius 3 is 2.58 bits per heavy atom. The zero-order valence-corrected chi connectivity index (χ0v) is 20.0. The van der Waals surface area contributed by atoms with Gasteiger partial charge in [-0.05, 0) is 17.7 Å². The van der Waals surface area contributed by atoms with Gasteiger partial charge in [0.2, 0.25) is 0 Å². The summed E-state index contributed by atoms with van der Waals surface area (Å²) in [6, 6.07) is 10.6. The minimum absolute atomic E-state index is 0. The number of carboxylic acid groups (broad SMARTS) is 1. The predicted octanol–water partition coefficient (Wildman–Crippen LogP) is -0.806. The molecular weight excluding hydrogens is 429 g/mol. The number of carbonyl (C=O) groups is 4. The molecular formula is C21H22N3NaO5S. The van der Waals surface area contributed by atoms with E-state index in [9.17, 15) is 24.3 Å². The van der Waals surface area contributed by atoms with E-state index in [2.05, 4.69) is 10.6 Å². The number of amides is 3. The first-order valence-corrected chi connectivity index (χ1v) is 10.0. The third-order valence-electron chi connectivity index (χ3n) is 4.55. The molecule has 2 heterocycles. The molecule has 1 aliphatic rings. The fourth-order valence-corrected chi connectivity index (χ4v) is 4.11. The molecule has 10 heteroatoms. The van der Waals surface area contributed by atoms with Crippen molar-refractivity contribution in [2.45, 2.75) is 24.9 Å². The van der Waals surface area contributed by atoms with E-state index < -0.39 is 35.8 Å². The van der Waals surface area contributed by atoms with Crippen molar-refractivity contribution in [3.8, 4) is 0 Å². The summed E-state index contributed by atoms with van der Waals surface area (Å²) in [4.78, 5) is 50.7. The van der Waals surface area contributed by atoms with Crippen LogP contribution in [0.4, 0.5) is 4.79 Å². The van der Waals surface area contributed by atoms with E-state index in [1.807, 2.05) is 36.4 Å². The number of nitrogens with one attached hydrogen (secondary N) is 2. The second kappa shape index (κ2) is 11.2. The molecule has 3 N–H and O–H groups in total. The van der Waals surface area contributed by atoms with Crippen molar-refractivity contribution in [2.24, 2.45) is 0 Å². The van der Waals surface area contributed by atoms with Crippen LogP contribution in [0.15, 0.2) is 54.7 Å².